The van der Waals surface area contributed by atoms with E-state index in [0.29, 0.717) is 13.2 Å². The van der Waals surface area contributed by atoms with Gasteiger partial charge >= 0.3 is 0 Å². The number of amides is 1. The maximum atomic E-state index is 12.3. The molecule has 4 nitrogen and oxygen atoms in total. The van der Waals surface area contributed by atoms with E-state index >= 15 is 0 Å². The number of ether oxygens (including phenoxy) is 1. The number of anilines is 1. The third-order valence-corrected chi connectivity index (χ3v) is 4.69. The van der Waals surface area contributed by atoms with Crippen LogP contribution in [-0.2, 0) is 22.7 Å². The number of halogens is 1. The average molecular weight is 375 g/mol. The van der Waals surface area contributed by atoms with E-state index in [0.717, 1.165) is 42.5 Å². The molecule has 5 heteroatoms. The molecule has 2 aromatic carbocycles. The maximum Gasteiger partial charge on any atom is 0.227 e. The Balaban J connectivity index is 0.00000243. The Labute approximate surface area is 161 Å². The lowest BCUT2D eigenvalue weighted by molar-refractivity contribution is -0.120. The minimum atomic E-state index is 0. The highest BCUT2D eigenvalue weighted by atomic mass is 35.5. The fraction of sp³-hybridized carbons (Fsp3) is 0.381. The normalized spacial score (nSPS) is 19.4. The molecule has 0 bridgehead atoms. The van der Waals surface area contributed by atoms with Crippen LogP contribution in [-0.4, -0.2) is 11.9 Å². The predicted octanol–water partition coefficient (Wildman–Crippen LogP) is 4.28. The number of rotatable bonds is 6. The van der Waals surface area contributed by atoms with Crippen molar-refractivity contribution in [2.24, 2.45) is 11.7 Å². The van der Waals surface area contributed by atoms with Gasteiger partial charge in [-0.05, 0) is 42.5 Å². The molecule has 1 saturated carbocycles. The van der Waals surface area contributed by atoms with Crippen molar-refractivity contribution in [2.45, 2.75) is 44.9 Å². The molecule has 0 heterocycles. The van der Waals surface area contributed by atoms with Gasteiger partial charge in [0.15, 0.2) is 0 Å². The number of benzene rings is 2. The van der Waals surface area contributed by atoms with Crippen molar-refractivity contribution in [1.29, 1.82) is 0 Å². The van der Waals surface area contributed by atoms with Crippen molar-refractivity contribution in [3.8, 4) is 0 Å². The number of carbonyl (C=O) groups is 1. The van der Waals surface area contributed by atoms with Gasteiger partial charge in [0.25, 0.3) is 0 Å². The van der Waals surface area contributed by atoms with Crippen LogP contribution in [0.1, 0.15) is 36.8 Å². The Morgan fingerprint density at radius 1 is 1.00 bits per heavy atom. The molecule has 2 unspecified atom stereocenters. The molecular formula is C21H27ClN2O2. The Bertz CT molecular complexity index is 676. The van der Waals surface area contributed by atoms with Gasteiger partial charge in [0, 0.05) is 17.6 Å². The summed E-state index contributed by atoms with van der Waals surface area (Å²) in [4.78, 5) is 12.3. The summed E-state index contributed by atoms with van der Waals surface area (Å²) < 4.78 is 5.73. The highest BCUT2D eigenvalue weighted by molar-refractivity contribution is 5.92. The molecule has 3 rings (SSSR count). The Morgan fingerprint density at radius 2 is 1.65 bits per heavy atom. The van der Waals surface area contributed by atoms with Crippen molar-refractivity contribution in [3.05, 3.63) is 65.7 Å². The van der Waals surface area contributed by atoms with Crippen LogP contribution in [0.3, 0.4) is 0 Å². The van der Waals surface area contributed by atoms with E-state index < -0.39 is 0 Å². The average Bonchev–Trinajstić information content (AvgIpc) is 2.64. The van der Waals surface area contributed by atoms with Crippen molar-refractivity contribution in [3.63, 3.8) is 0 Å². The summed E-state index contributed by atoms with van der Waals surface area (Å²) in [7, 11) is 0. The monoisotopic (exact) mass is 374 g/mol. The Morgan fingerprint density at radius 3 is 2.31 bits per heavy atom. The van der Waals surface area contributed by atoms with Crippen LogP contribution in [0.4, 0.5) is 5.69 Å². The lowest BCUT2D eigenvalue weighted by atomic mass is 9.85. The van der Waals surface area contributed by atoms with Crippen molar-refractivity contribution in [1.82, 2.24) is 0 Å². The van der Waals surface area contributed by atoms with Gasteiger partial charge in [-0.15, -0.1) is 12.4 Å². The summed E-state index contributed by atoms with van der Waals surface area (Å²) in [5, 5.41) is 3.01. The van der Waals surface area contributed by atoms with Gasteiger partial charge in [0.05, 0.1) is 13.2 Å². The van der Waals surface area contributed by atoms with Crippen LogP contribution in [0.15, 0.2) is 54.6 Å². The van der Waals surface area contributed by atoms with Gasteiger partial charge in [-0.1, -0.05) is 48.9 Å². The van der Waals surface area contributed by atoms with Crippen LogP contribution >= 0.6 is 12.4 Å². The zero-order valence-corrected chi connectivity index (χ0v) is 15.7. The smallest absolute Gasteiger partial charge is 0.227 e. The van der Waals surface area contributed by atoms with Crippen molar-refractivity contribution >= 4 is 24.0 Å². The highest BCUT2D eigenvalue weighted by Crippen LogP contribution is 2.24. The van der Waals surface area contributed by atoms with Crippen LogP contribution in [0.2, 0.25) is 0 Å². The van der Waals surface area contributed by atoms with Crippen molar-refractivity contribution < 1.29 is 9.53 Å². The number of hydrogen-bond acceptors (Lipinski definition) is 3. The first-order valence-electron chi connectivity index (χ1n) is 8.98. The zero-order chi connectivity index (χ0) is 17.5. The molecule has 0 spiro atoms. The maximum absolute atomic E-state index is 12.3. The molecule has 1 amide bonds. The summed E-state index contributed by atoms with van der Waals surface area (Å²) in [6.07, 6.45) is 3.79. The van der Waals surface area contributed by atoms with Gasteiger partial charge < -0.3 is 15.8 Å². The van der Waals surface area contributed by atoms with Crippen LogP contribution < -0.4 is 11.1 Å². The van der Waals surface area contributed by atoms with Crippen molar-refractivity contribution in [2.75, 3.05) is 5.32 Å². The third-order valence-electron chi connectivity index (χ3n) is 4.69. The summed E-state index contributed by atoms with van der Waals surface area (Å²) in [5.41, 5.74) is 9.06. The SMILES string of the molecule is Cl.NC1CCCC(C(=O)Nc2ccc(COCc3ccccc3)cc2)C1. The van der Waals surface area contributed by atoms with Crippen LogP contribution in [0.25, 0.3) is 0 Å². The number of nitrogens with two attached hydrogens (primary N) is 1. The van der Waals surface area contributed by atoms with E-state index in [1.807, 2.05) is 42.5 Å². The number of hydrogen-bond donors (Lipinski definition) is 2. The summed E-state index contributed by atoms with van der Waals surface area (Å²) >= 11 is 0. The van der Waals surface area contributed by atoms with E-state index in [2.05, 4.69) is 17.4 Å². The van der Waals surface area contributed by atoms with Gasteiger partial charge in [-0.2, -0.15) is 0 Å². The highest BCUT2D eigenvalue weighted by Gasteiger charge is 2.25. The van der Waals surface area contributed by atoms with Gasteiger partial charge in [0.1, 0.15) is 0 Å². The molecule has 2 atom stereocenters. The molecule has 0 saturated heterocycles. The second-order valence-corrected chi connectivity index (χ2v) is 6.79. The van der Waals surface area contributed by atoms with Gasteiger partial charge in [-0.3, -0.25) is 4.79 Å². The minimum absolute atomic E-state index is 0. The van der Waals surface area contributed by atoms with Crippen LogP contribution in [0, 0.1) is 5.92 Å². The third kappa shape index (κ3) is 6.13. The molecule has 0 aromatic heterocycles. The number of nitrogens with one attached hydrogen (secondary N) is 1. The zero-order valence-electron chi connectivity index (χ0n) is 14.9. The molecule has 140 valence electrons. The first-order chi connectivity index (χ1) is 12.2. The second kappa shape index (κ2) is 10.3. The van der Waals surface area contributed by atoms with Gasteiger partial charge in [0.2, 0.25) is 5.91 Å². The Kier molecular flexibility index (Phi) is 8.10. The topological polar surface area (TPSA) is 64.4 Å². The van der Waals surface area contributed by atoms with E-state index in [1.54, 1.807) is 0 Å². The molecular weight excluding hydrogens is 348 g/mol. The fourth-order valence-corrected chi connectivity index (χ4v) is 3.26. The molecule has 3 N–H and O–H groups in total. The lowest BCUT2D eigenvalue weighted by Crippen LogP contribution is -2.34. The predicted molar refractivity (Wildman–Crippen MR) is 107 cm³/mol. The summed E-state index contributed by atoms with van der Waals surface area (Å²) in [6, 6.07) is 18.1. The molecule has 0 aliphatic heterocycles. The van der Waals surface area contributed by atoms with E-state index in [4.69, 9.17) is 10.5 Å². The largest absolute Gasteiger partial charge is 0.372 e. The minimum Gasteiger partial charge on any atom is -0.372 e. The van der Waals surface area contributed by atoms with E-state index in [-0.39, 0.29) is 30.3 Å². The second-order valence-electron chi connectivity index (χ2n) is 6.79. The molecule has 1 aliphatic rings. The number of carbonyl (C=O) groups excluding carboxylic acids is 1. The van der Waals surface area contributed by atoms with E-state index in [9.17, 15) is 4.79 Å². The van der Waals surface area contributed by atoms with Gasteiger partial charge in [-0.25, -0.2) is 0 Å². The van der Waals surface area contributed by atoms with E-state index in [1.165, 1.54) is 0 Å². The lowest BCUT2D eigenvalue weighted by Gasteiger charge is -2.25. The standard InChI is InChI=1S/C21H26N2O2.ClH/c22-19-8-4-7-18(13-19)21(24)23-20-11-9-17(10-12-20)15-25-14-16-5-2-1-3-6-16;/h1-3,5-6,9-12,18-19H,4,7-8,13-15,22H2,(H,23,24);1H. The molecule has 1 fully saturated rings. The summed E-state index contributed by atoms with van der Waals surface area (Å²) in [6.45, 7) is 1.15. The first-order valence-corrected chi connectivity index (χ1v) is 8.98. The molecule has 26 heavy (non-hydrogen) atoms. The van der Waals surface area contributed by atoms with Crippen LogP contribution in [0.5, 0.6) is 0 Å². The fourth-order valence-electron chi connectivity index (χ4n) is 3.26. The molecule has 1 aliphatic carbocycles. The summed E-state index contributed by atoms with van der Waals surface area (Å²) in [5.74, 6) is 0.126. The molecule has 0 radical (unpaired) electrons. The first kappa shape index (κ1) is 20.4. The Hall–Kier alpha value is -1.88. The molecule has 2 aromatic rings. The quantitative estimate of drug-likeness (QED) is 0.793.